The van der Waals surface area contributed by atoms with Crippen molar-refractivity contribution >= 4 is 5.91 Å². The number of benzene rings is 2. The number of halogens is 3. The summed E-state index contributed by atoms with van der Waals surface area (Å²) in [5.41, 5.74) is -0.258. The lowest BCUT2D eigenvalue weighted by Gasteiger charge is -2.45. The molecule has 0 saturated carbocycles. The number of rotatable bonds is 2. The molecule has 3 nitrogen and oxygen atoms in total. The van der Waals surface area contributed by atoms with Crippen molar-refractivity contribution < 1.29 is 22.7 Å². The van der Waals surface area contributed by atoms with Crippen LogP contribution < -0.4 is 0 Å². The van der Waals surface area contributed by atoms with E-state index >= 15 is 0 Å². The molecule has 1 unspecified atom stereocenters. The molecule has 1 heterocycles. The Hall–Kier alpha value is -2.34. The van der Waals surface area contributed by atoms with E-state index in [2.05, 4.69) is 0 Å². The second-order valence-electron chi connectivity index (χ2n) is 6.68. The van der Waals surface area contributed by atoms with E-state index in [0.29, 0.717) is 5.56 Å². The number of morpholine rings is 1. The number of nitrogens with zero attached hydrogens (tertiary/aromatic N) is 1. The molecule has 1 amide bonds. The monoisotopic (exact) mass is 349 g/mol. The Morgan fingerprint density at radius 2 is 1.80 bits per heavy atom. The fourth-order valence-corrected chi connectivity index (χ4v) is 2.92. The molecule has 0 aromatic heterocycles. The van der Waals surface area contributed by atoms with Gasteiger partial charge in [0.15, 0.2) is 11.6 Å². The first-order valence-corrected chi connectivity index (χ1v) is 7.92. The van der Waals surface area contributed by atoms with E-state index < -0.39 is 35.0 Å². The van der Waals surface area contributed by atoms with Crippen LogP contribution in [0.1, 0.15) is 35.9 Å². The lowest BCUT2D eigenvalue weighted by atomic mass is 9.96. The molecule has 1 atom stereocenters. The first-order valence-electron chi connectivity index (χ1n) is 7.92. The van der Waals surface area contributed by atoms with E-state index in [0.717, 1.165) is 12.1 Å². The minimum absolute atomic E-state index is 0.0427. The Morgan fingerprint density at radius 1 is 1.08 bits per heavy atom. The van der Waals surface area contributed by atoms with Crippen LogP contribution in [-0.4, -0.2) is 29.5 Å². The van der Waals surface area contributed by atoms with Crippen LogP contribution in [0.25, 0.3) is 0 Å². The summed E-state index contributed by atoms with van der Waals surface area (Å²) in [5.74, 6) is -2.95. The van der Waals surface area contributed by atoms with Gasteiger partial charge in [-0.2, -0.15) is 0 Å². The highest BCUT2D eigenvalue weighted by atomic mass is 19.2. The van der Waals surface area contributed by atoms with Crippen LogP contribution in [0, 0.1) is 17.5 Å². The fourth-order valence-electron chi connectivity index (χ4n) is 2.92. The molecule has 1 aliphatic heterocycles. The molecule has 3 rings (SSSR count). The van der Waals surface area contributed by atoms with Gasteiger partial charge in [0.1, 0.15) is 11.9 Å². The Balaban J connectivity index is 1.90. The molecule has 25 heavy (non-hydrogen) atoms. The third-order valence-electron chi connectivity index (χ3n) is 4.38. The van der Waals surface area contributed by atoms with E-state index in [-0.39, 0.29) is 18.7 Å². The zero-order valence-electron chi connectivity index (χ0n) is 13.9. The second kappa shape index (κ2) is 6.52. The molecule has 0 aliphatic carbocycles. The minimum Gasteiger partial charge on any atom is -0.369 e. The quantitative estimate of drug-likeness (QED) is 0.817. The first kappa shape index (κ1) is 17.5. The normalized spacial score (nSPS) is 19.7. The molecule has 132 valence electrons. The predicted octanol–water partition coefficient (Wildman–Crippen LogP) is 4.10. The number of hydrogen-bond donors (Lipinski definition) is 0. The standard InChI is InChI=1S/C19H18F3NO2/c1-19(2)11-25-17(13-5-3-4-6-14(13)20)10-23(19)18(24)12-7-8-15(21)16(22)9-12/h3-9,17H,10-11H2,1-2H3. The first-order chi connectivity index (χ1) is 11.8. The molecule has 2 aromatic rings. The van der Waals surface area contributed by atoms with Crippen LogP contribution in [-0.2, 0) is 4.74 Å². The molecular weight excluding hydrogens is 331 g/mol. The molecule has 6 heteroatoms. The van der Waals surface area contributed by atoms with E-state index in [9.17, 15) is 18.0 Å². The van der Waals surface area contributed by atoms with Crippen molar-refractivity contribution in [2.75, 3.05) is 13.2 Å². The number of carbonyl (C=O) groups excluding carboxylic acids is 1. The average Bonchev–Trinajstić information content (AvgIpc) is 2.57. The van der Waals surface area contributed by atoms with Gasteiger partial charge in [0.05, 0.1) is 18.7 Å². The Morgan fingerprint density at radius 3 is 2.48 bits per heavy atom. The summed E-state index contributed by atoms with van der Waals surface area (Å²) in [6, 6.07) is 9.26. The van der Waals surface area contributed by atoms with Crippen LogP contribution in [0.2, 0.25) is 0 Å². The molecule has 0 radical (unpaired) electrons. The third-order valence-corrected chi connectivity index (χ3v) is 4.38. The minimum atomic E-state index is -1.08. The SMILES string of the molecule is CC1(C)COC(c2ccccc2F)CN1C(=O)c1ccc(F)c(F)c1. The fraction of sp³-hybridized carbons (Fsp3) is 0.316. The molecule has 0 spiro atoms. The van der Waals surface area contributed by atoms with Crippen molar-refractivity contribution in [1.82, 2.24) is 4.90 Å². The Bertz CT molecular complexity index is 807. The predicted molar refractivity (Wildman–Crippen MR) is 86.6 cm³/mol. The van der Waals surface area contributed by atoms with Crippen LogP contribution in [0.15, 0.2) is 42.5 Å². The summed E-state index contributed by atoms with van der Waals surface area (Å²) < 4.78 is 46.4. The van der Waals surface area contributed by atoms with Crippen molar-refractivity contribution in [3.8, 4) is 0 Å². The number of amides is 1. The number of hydrogen-bond acceptors (Lipinski definition) is 2. The average molecular weight is 349 g/mol. The zero-order chi connectivity index (χ0) is 18.2. The molecule has 0 bridgehead atoms. The van der Waals surface area contributed by atoms with Crippen molar-refractivity contribution in [2.45, 2.75) is 25.5 Å². The second-order valence-corrected chi connectivity index (χ2v) is 6.68. The van der Waals surface area contributed by atoms with Crippen LogP contribution in [0.4, 0.5) is 13.2 Å². The van der Waals surface area contributed by atoms with E-state index in [1.807, 2.05) is 13.8 Å². The van der Waals surface area contributed by atoms with Gasteiger partial charge in [0.2, 0.25) is 0 Å². The van der Waals surface area contributed by atoms with E-state index in [1.54, 1.807) is 18.2 Å². The highest BCUT2D eigenvalue weighted by Gasteiger charge is 2.39. The van der Waals surface area contributed by atoms with Gasteiger partial charge in [0, 0.05) is 11.1 Å². The van der Waals surface area contributed by atoms with Gasteiger partial charge in [-0.05, 0) is 38.1 Å². The lowest BCUT2D eigenvalue weighted by Crippen LogP contribution is -2.56. The van der Waals surface area contributed by atoms with Crippen molar-refractivity contribution in [3.63, 3.8) is 0 Å². The Labute approximate surface area is 144 Å². The Kier molecular flexibility index (Phi) is 4.56. The molecule has 1 saturated heterocycles. The highest BCUT2D eigenvalue weighted by molar-refractivity contribution is 5.94. The molecule has 1 aliphatic rings. The summed E-state index contributed by atoms with van der Waals surface area (Å²) in [4.78, 5) is 14.3. The topological polar surface area (TPSA) is 29.5 Å². The van der Waals surface area contributed by atoms with Gasteiger partial charge in [-0.25, -0.2) is 13.2 Å². The van der Waals surface area contributed by atoms with Gasteiger partial charge >= 0.3 is 0 Å². The van der Waals surface area contributed by atoms with Crippen molar-refractivity contribution in [3.05, 3.63) is 71.0 Å². The maximum absolute atomic E-state index is 14.0. The molecule has 0 N–H and O–H groups in total. The summed E-state index contributed by atoms with van der Waals surface area (Å²) in [6.07, 6.45) is -0.622. The van der Waals surface area contributed by atoms with E-state index in [4.69, 9.17) is 4.74 Å². The lowest BCUT2D eigenvalue weighted by molar-refractivity contribution is -0.0857. The van der Waals surface area contributed by atoms with Gasteiger partial charge in [-0.15, -0.1) is 0 Å². The summed E-state index contributed by atoms with van der Waals surface area (Å²) >= 11 is 0. The molecule has 1 fully saturated rings. The van der Waals surface area contributed by atoms with Gasteiger partial charge < -0.3 is 9.64 Å². The maximum Gasteiger partial charge on any atom is 0.254 e. The van der Waals surface area contributed by atoms with Gasteiger partial charge in [0.25, 0.3) is 5.91 Å². The highest BCUT2D eigenvalue weighted by Crippen LogP contribution is 2.32. The van der Waals surface area contributed by atoms with Crippen molar-refractivity contribution in [2.24, 2.45) is 0 Å². The van der Waals surface area contributed by atoms with Gasteiger partial charge in [-0.1, -0.05) is 18.2 Å². The van der Waals surface area contributed by atoms with Crippen LogP contribution in [0.5, 0.6) is 0 Å². The molecular formula is C19H18F3NO2. The summed E-state index contributed by atoms with van der Waals surface area (Å²) in [5, 5.41) is 0. The van der Waals surface area contributed by atoms with Crippen molar-refractivity contribution in [1.29, 1.82) is 0 Å². The molecule has 2 aromatic carbocycles. The van der Waals surface area contributed by atoms with Crippen LogP contribution in [0.3, 0.4) is 0 Å². The smallest absolute Gasteiger partial charge is 0.254 e. The maximum atomic E-state index is 14.0. The van der Waals surface area contributed by atoms with Crippen LogP contribution >= 0.6 is 0 Å². The number of carbonyl (C=O) groups is 1. The third kappa shape index (κ3) is 3.39. The van der Waals surface area contributed by atoms with E-state index in [1.165, 1.54) is 17.0 Å². The largest absolute Gasteiger partial charge is 0.369 e. The number of ether oxygens (including phenoxy) is 1. The zero-order valence-corrected chi connectivity index (χ0v) is 13.9. The van der Waals surface area contributed by atoms with Gasteiger partial charge in [-0.3, -0.25) is 4.79 Å². The summed E-state index contributed by atoms with van der Waals surface area (Å²) in [7, 11) is 0. The summed E-state index contributed by atoms with van der Waals surface area (Å²) in [6.45, 7) is 3.93.